The van der Waals surface area contributed by atoms with Crippen molar-refractivity contribution < 1.29 is 5.11 Å². The van der Waals surface area contributed by atoms with Gasteiger partial charge in [-0.2, -0.15) is 0 Å². The van der Waals surface area contributed by atoms with E-state index >= 15 is 0 Å². The summed E-state index contributed by atoms with van der Waals surface area (Å²) >= 11 is 0. The van der Waals surface area contributed by atoms with Gasteiger partial charge in [0, 0.05) is 0 Å². The number of nitrogens with two attached hydrogens (primary N) is 1. The minimum absolute atomic E-state index is 0.167. The van der Waals surface area contributed by atoms with Gasteiger partial charge in [0.05, 0.1) is 6.10 Å². The summed E-state index contributed by atoms with van der Waals surface area (Å²) in [6.07, 6.45) is 5.83. The number of hydrogen-bond donors (Lipinski definition) is 2. The van der Waals surface area contributed by atoms with Gasteiger partial charge in [-0.15, -0.1) is 0 Å². The Bertz CT molecular complexity index is 185. The number of rotatable bonds is 5. The molecule has 0 radical (unpaired) electrons. The maximum atomic E-state index is 10.4. The normalized spacial score (nSPS) is 30.4. The third kappa shape index (κ3) is 4.06. The fourth-order valence-electron chi connectivity index (χ4n) is 2.99. The van der Waals surface area contributed by atoms with E-state index in [1.165, 1.54) is 25.7 Å². The highest BCUT2D eigenvalue weighted by molar-refractivity contribution is 4.81. The van der Waals surface area contributed by atoms with E-state index in [1.807, 2.05) is 0 Å². The molecule has 0 aromatic heterocycles. The van der Waals surface area contributed by atoms with Crippen molar-refractivity contribution in [3.8, 4) is 0 Å². The Balaban J connectivity index is 2.44. The summed E-state index contributed by atoms with van der Waals surface area (Å²) in [6, 6.07) is 0. The molecule has 2 heteroatoms. The van der Waals surface area contributed by atoms with Crippen LogP contribution in [-0.2, 0) is 0 Å². The quantitative estimate of drug-likeness (QED) is 0.758. The van der Waals surface area contributed by atoms with Crippen LogP contribution in [0.3, 0.4) is 0 Å². The zero-order chi connectivity index (χ0) is 12.1. The van der Waals surface area contributed by atoms with E-state index in [9.17, 15) is 5.11 Å². The molecule has 0 aromatic carbocycles. The van der Waals surface area contributed by atoms with Crippen LogP contribution in [0.15, 0.2) is 0 Å². The minimum atomic E-state index is -0.167. The van der Waals surface area contributed by atoms with Gasteiger partial charge in [-0.05, 0) is 49.5 Å². The van der Waals surface area contributed by atoms with Crippen molar-refractivity contribution in [3.05, 3.63) is 0 Å². The van der Waals surface area contributed by atoms with Crippen molar-refractivity contribution in [1.29, 1.82) is 0 Å². The van der Waals surface area contributed by atoms with Gasteiger partial charge < -0.3 is 10.8 Å². The van der Waals surface area contributed by atoms with E-state index in [0.29, 0.717) is 24.3 Å². The molecule has 0 spiro atoms. The highest BCUT2D eigenvalue weighted by atomic mass is 16.3. The summed E-state index contributed by atoms with van der Waals surface area (Å²) < 4.78 is 0. The summed E-state index contributed by atoms with van der Waals surface area (Å²) in [5.41, 5.74) is 5.80. The van der Waals surface area contributed by atoms with Crippen LogP contribution in [0, 0.1) is 23.7 Å². The largest absolute Gasteiger partial charge is 0.393 e. The fraction of sp³-hybridized carbons (Fsp3) is 1.00. The zero-order valence-electron chi connectivity index (χ0n) is 11.2. The molecule has 16 heavy (non-hydrogen) atoms. The molecule has 0 heterocycles. The summed E-state index contributed by atoms with van der Waals surface area (Å²) in [6.45, 7) is 7.36. The first-order valence-corrected chi connectivity index (χ1v) is 6.92. The molecule has 0 saturated heterocycles. The maximum absolute atomic E-state index is 10.4. The second-order valence-electron chi connectivity index (χ2n) is 6.14. The Morgan fingerprint density at radius 2 is 1.75 bits per heavy atom. The summed E-state index contributed by atoms with van der Waals surface area (Å²) in [5, 5.41) is 10.4. The molecule has 1 fully saturated rings. The van der Waals surface area contributed by atoms with E-state index in [-0.39, 0.29) is 6.10 Å². The van der Waals surface area contributed by atoms with Crippen LogP contribution < -0.4 is 5.73 Å². The third-order valence-electron chi connectivity index (χ3n) is 4.10. The standard InChI is InChI=1S/C14H29NO/c1-10(2)8-13(9-15)14(16)12-6-4-11(3)5-7-12/h10-14,16H,4-9,15H2,1-3H3. The average molecular weight is 227 g/mol. The lowest BCUT2D eigenvalue weighted by Crippen LogP contribution is -2.36. The summed E-state index contributed by atoms with van der Waals surface area (Å²) in [5.74, 6) is 2.29. The molecule has 1 saturated carbocycles. The molecular formula is C14H29NO. The number of hydrogen-bond acceptors (Lipinski definition) is 2. The topological polar surface area (TPSA) is 46.2 Å². The van der Waals surface area contributed by atoms with E-state index in [0.717, 1.165) is 12.3 Å². The van der Waals surface area contributed by atoms with Crippen molar-refractivity contribution in [3.63, 3.8) is 0 Å². The molecular weight excluding hydrogens is 198 g/mol. The molecule has 2 atom stereocenters. The number of aliphatic hydroxyl groups excluding tert-OH is 1. The van der Waals surface area contributed by atoms with Crippen molar-refractivity contribution in [2.75, 3.05) is 6.54 Å². The highest BCUT2D eigenvalue weighted by Crippen LogP contribution is 2.33. The third-order valence-corrected chi connectivity index (χ3v) is 4.10. The Morgan fingerprint density at radius 1 is 1.19 bits per heavy atom. The first-order chi connectivity index (χ1) is 7.54. The van der Waals surface area contributed by atoms with E-state index < -0.39 is 0 Å². The minimum Gasteiger partial charge on any atom is -0.393 e. The average Bonchev–Trinajstić information content (AvgIpc) is 2.25. The van der Waals surface area contributed by atoms with Crippen LogP contribution >= 0.6 is 0 Å². The van der Waals surface area contributed by atoms with Crippen molar-refractivity contribution in [2.24, 2.45) is 29.4 Å². The first kappa shape index (κ1) is 14.0. The van der Waals surface area contributed by atoms with Crippen LogP contribution in [0.2, 0.25) is 0 Å². The lowest BCUT2D eigenvalue weighted by molar-refractivity contribution is 0.0227. The molecule has 0 aromatic rings. The smallest absolute Gasteiger partial charge is 0.0608 e. The molecule has 0 aliphatic heterocycles. The SMILES string of the molecule is CC(C)CC(CN)C(O)C1CCC(C)CC1. The second-order valence-corrected chi connectivity index (χ2v) is 6.14. The fourth-order valence-corrected chi connectivity index (χ4v) is 2.99. The van der Waals surface area contributed by atoms with Gasteiger partial charge in [0.1, 0.15) is 0 Å². The predicted octanol–water partition coefficient (Wildman–Crippen LogP) is 2.79. The van der Waals surface area contributed by atoms with E-state index in [1.54, 1.807) is 0 Å². The molecule has 2 nitrogen and oxygen atoms in total. The molecule has 1 aliphatic rings. The highest BCUT2D eigenvalue weighted by Gasteiger charge is 2.29. The van der Waals surface area contributed by atoms with Crippen molar-refractivity contribution in [2.45, 2.75) is 59.0 Å². The number of aliphatic hydroxyl groups is 1. The molecule has 1 aliphatic carbocycles. The molecule has 2 unspecified atom stereocenters. The van der Waals surface area contributed by atoms with Gasteiger partial charge in [0.2, 0.25) is 0 Å². The first-order valence-electron chi connectivity index (χ1n) is 6.92. The van der Waals surface area contributed by atoms with Crippen LogP contribution in [0.1, 0.15) is 52.9 Å². The summed E-state index contributed by atoms with van der Waals surface area (Å²) in [4.78, 5) is 0. The van der Waals surface area contributed by atoms with Crippen LogP contribution in [-0.4, -0.2) is 17.8 Å². The molecule has 3 N–H and O–H groups in total. The molecule has 96 valence electrons. The predicted molar refractivity (Wildman–Crippen MR) is 69.1 cm³/mol. The molecule has 1 rings (SSSR count). The van der Waals surface area contributed by atoms with Gasteiger partial charge in [0.25, 0.3) is 0 Å². The van der Waals surface area contributed by atoms with Crippen molar-refractivity contribution in [1.82, 2.24) is 0 Å². The van der Waals surface area contributed by atoms with E-state index in [2.05, 4.69) is 20.8 Å². The Kier molecular flexibility index (Phi) is 5.77. The van der Waals surface area contributed by atoms with Crippen LogP contribution in [0.25, 0.3) is 0 Å². The van der Waals surface area contributed by atoms with Gasteiger partial charge in [-0.3, -0.25) is 0 Å². The second kappa shape index (κ2) is 6.61. The Labute approximate surface area is 101 Å². The maximum Gasteiger partial charge on any atom is 0.0608 e. The Hall–Kier alpha value is -0.0800. The summed E-state index contributed by atoms with van der Waals surface area (Å²) in [7, 11) is 0. The molecule has 0 bridgehead atoms. The zero-order valence-corrected chi connectivity index (χ0v) is 11.2. The lowest BCUT2D eigenvalue weighted by atomic mass is 9.75. The van der Waals surface area contributed by atoms with E-state index in [4.69, 9.17) is 5.73 Å². The van der Waals surface area contributed by atoms with Crippen molar-refractivity contribution >= 4 is 0 Å². The van der Waals surface area contributed by atoms with Gasteiger partial charge in [-0.1, -0.05) is 33.6 Å². The van der Waals surface area contributed by atoms with Gasteiger partial charge in [-0.25, -0.2) is 0 Å². The molecule has 0 amide bonds. The van der Waals surface area contributed by atoms with Gasteiger partial charge >= 0.3 is 0 Å². The lowest BCUT2D eigenvalue weighted by Gasteiger charge is -2.34. The van der Waals surface area contributed by atoms with Crippen LogP contribution in [0.4, 0.5) is 0 Å². The Morgan fingerprint density at radius 3 is 2.19 bits per heavy atom. The van der Waals surface area contributed by atoms with Crippen LogP contribution in [0.5, 0.6) is 0 Å². The van der Waals surface area contributed by atoms with Gasteiger partial charge in [0.15, 0.2) is 0 Å². The monoisotopic (exact) mass is 227 g/mol.